The molecule has 1 unspecified atom stereocenters. The lowest BCUT2D eigenvalue weighted by atomic mass is 9.77. The zero-order valence-electron chi connectivity index (χ0n) is 11.1. The van der Waals surface area contributed by atoms with E-state index in [0.717, 1.165) is 31.1 Å². The van der Waals surface area contributed by atoms with Crippen LogP contribution in [0.5, 0.6) is 0 Å². The Morgan fingerprint density at radius 3 is 2.58 bits per heavy atom. The fourth-order valence-corrected chi connectivity index (χ4v) is 2.39. The molecular weight excluding hydrogens is 242 g/mol. The molecule has 1 fully saturated rings. The second-order valence-corrected chi connectivity index (χ2v) is 5.02. The van der Waals surface area contributed by atoms with Crippen LogP contribution in [0.15, 0.2) is 30.3 Å². The van der Waals surface area contributed by atoms with Crippen LogP contribution in [0.25, 0.3) is 0 Å². The van der Waals surface area contributed by atoms with Gasteiger partial charge >= 0.3 is 5.97 Å². The van der Waals surface area contributed by atoms with Crippen molar-refractivity contribution in [2.45, 2.75) is 37.3 Å². The molecule has 0 heterocycles. The van der Waals surface area contributed by atoms with Crippen LogP contribution in [0.1, 0.15) is 37.3 Å². The van der Waals surface area contributed by atoms with Gasteiger partial charge in [0.05, 0.1) is 19.1 Å². The molecule has 0 saturated heterocycles. The summed E-state index contributed by atoms with van der Waals surface area (Å²) in [6, 6.07) is 9.51. The molecule has 1 atom stereocenters. The molecule has 0 amide bonds. The van der Waals surface area contributed by atoms with Crippen molar-refractivity contribution in [1.29, 1.82) is 0 Å². The van der Waals surface area contributed by atoms with Crippen molar-refractivity contribution in [1.82, 2.24) is 5.32 Å². The molecule has 0 aromatic heterocycles. The van der Waals surface area contributed by atoms with E-state index in [9.17, 15) is 9.59 Å². The predicted octanol–water partition coefficient (Wildman–Crippen LogP) is 2.00. The van der Waals surface area contributed by atoms with Crippen LogP contribution in [-0.4, -0.2) is 24.9 Å². The number of hydrogen-bond acceptors (Lipinski definition) is 4. The van der Waals surface area contributed by atoms with Gasteiger partial charge in [-0.3, -0.25) is 10.1 Å². The molecule has 1 saturated carbocycles. The summed E-state index contributed by atoms with van der Waals surface area (Å²) in [6.07, 6.45) is 3.92. The molecule has 1 aromatic carbocycles. The molecule has 102 valence electrons. The van der Waals surface area contributed by atoms with Crippen molar-refractivity contribution in [3.05, 3.63) is 35.9 Å². The van der Waals surface area contributed by atoms with Crippen LogP contribution in [0, 0.1) is 0 Å². The highest BCUT2D eigenvalue weighted by molar-refractivity contribution is 5.71. The summed E-state index contributed by atoms with van der Waals surface area (Å²) in [5.74, 6) is -0.276. The first kappa shape index (κ1) is 13.7. The Kier molecular flexibility index (Phi) is 4.32. The number of aldehydes is 1. The first-order valence-corrected chi connectivity index (χ1v) is 6.55. The van der Waals surface area contributed by atoms with Crippen LogP contribution < -0.4 is 5.32 Å². The summed E-state index contributed by atoms with van der Waals surface area (Å²) in [6.45, 7) is 0. The fourth-order valence-electron chi connectivity index (χ4n) is 2.39. The van der Waals surface area contributed by atoms with Gasteiger partial charge in [-0.15, -0.1) is 0 Å². The number of carbonyl (C=O) groups excluding carboxylic acids is 2. The molecule has 1 aliphatic carbocycles. The highest BCUT2D eigenvalue weighted by Gasteiger charge is 2.39. The highest BCUT2D eigenvalue weighted by atomic mass is 16.5. The highest BCUT2D eigenvalue weighted by Crippen LogP contribution is 2.33. The molecule has 0 bridgehead atoms. The van der Waals surface area contributed by atoms with Gasteiger partial charge in [0.2, 0.25) is 0 Å². The van der Waals surface area contributed by atoms with Crippen LogP contribution in [0.2, 0.25) is 0 Å². The predicted molar refractivity (Wildman–Crippen MR) is 71.6 cm³/mol. The molecule has 2 rings (SSSR count). The van der Waals surface area contributed by atoms with E-state index in [2.05, 4.69) is 5.32 Å². The van der Waals surface area contributed by atoms with Crippen LogP contribution in [0.3, 0.4) is 0 Å². The monoisotopic (exact) mass is 261 g/mol. The lowest BCUT2D eigenvalue weighted by Gasteiger charge is -2.40. The lowest BCUT2D eigenvalue weighted by molar-refractivity contribution is -0.141. The van der Waals surface area contributed by atoms with Crippen molar-refractivity contribution in [3.63, 3.8) is 0 Å². The molecule has 0 radical (unpaired) electrons. The Hall–Kier alpha value is -1.68. The smallest absolute Gasteiger partial charge is 0.307 e. The largest absolute Gasteiger partial charge is 0.469 e. The SMILES string of the molecule is COC(=O)CC(NC1(C=O)CCC1)c1ccccc1. The zero-order valence-corrected chi connectivity index (χ0v) is 11.1. The fraction of sp³-hybridized carbons (Fsp3) is 0.467. The van der Waals surface area contributed by atoms with Gasteiger partial charge in [0.1, 0.15) is 6.29 Å². The number of hydrogen-bond donors (Lipinski definition) is 1. The van der Waals surface area contributed by atoms with Crippen molar-refractivity contribution >= 4 is 12.3 Å². The first-order valence-electron chi connectivity index (χ1n) is 6.55. The third kappa shape index (κ3) is 3.20. The third-order valence-corrected chi connectivity index (χ3v) is 3.73. The van der Waals surface area contributed by atoms with E-state index in [1.165, 1.54) is 7.11 Å². The van der Waals surface area contributed by atoms with E-state index in [4.69, 9.17) is 4.74 Å². The van der Waals surface area contributed by atoms with Gasteiger partial charge < -0.3 is 9.53 Å². The van der Waals surface area contributed by atoms with Crippen molar-refractivity contribution in [2.75, 3.05) is 7.11 Å². The van der Waals surface area contributed by atoms with Gasteiger partial charge in [0.15, 0.2) is 0 Å². The summed E-state index contributed by atoms with van der Waals surface area (Å²) < 4.78 is 4.73. The van der Waals surface area contributed by atoms with Crippen LogP contribution >= 0.6 is 0 Å². The number of esters is 1. The van der Waals surface area contributed by atoms with Crippen LogP contribution in [-0.2, 0) is 14.3 Å². The molecule has 1 N–H and O–H groups in total. The van der Waals surface area contributed by atoms with Gasteiger partial charge in [-0.25, -0.2) is 0 Å². The third-order valence-electron chi connectivity index (χ3n) is 3.73. The zero-order chi connectivity index (χ0) is 13.7. The average molecular weight is 261 g/mol. The average Bonchev–Trinajstić information content (AvgIpc) is 2.42. The Morgan fingerprint density at radius 2 is 2.11 bits per heavy atom. The summed E-state index contributed by atoms with van der Waals surface area (Å²) in [5.41, 5.74) is 0.537. The van der Waals surface area contributed by atoms with E-state index < -0.39 is 5.54 Å². The van der Waals surface area contributed by atoms with Crippen molar-refractivity contribution in [3.8, 4) is 0 Å². The second-order valence-electron chi connectivity index (χ2n) is 5.02. The van der Waals surface area contributed by atoms with E-state index in [1.54, 1.807) is 0 Å². The number of ether oxygens (including phenoxy) is 1. The van der Waals surface area contributed by atoms with E-state index in [-0.39, 0.29) is 18.4 Å². The van der Waals surface area contributed by atoms with E-state index >= 15 is 0 Å². The first-order chi connectivity index (χ1) is 9.19. The molecule has 4 heteroatoms. The van der Waals surface area contributed by atoms with E-state index in [0.29, 0.717) is 0 Å². The Bertz CT molecular complexity index is 440. The summed E-state index contributed by atoms with van der Waals surface area (Å²) in [5, 5.41) is 3.33. The molecule has 0 spiro atoms. The van der Waals surface area contributed by atoms with Gasteiger partial charge in [-0.2, -0.15) is 0 Å². The molecule has 0 aliphatic heterocycles. The maximum Gasteiger partial charge on any atom is 0.307 e. The Labute approximate surface area is 113 Å². The van der Waals surface area contributed by atoms with Gasteiger partial charge in [0.25, 0.3) is 0 Å². The summed E-state index contributed by atoms with van der Waals surface area (Å²) in [4.78, 5) is 22.8. The van der Waals surface area contributed by atoms with E-state index in [1.807, 2.05) is 30.3 Å². The molecule has 1 aliphatic rings. The van der Waals surface area contributed by atoms with Gasteiger partial charge in [-0.1, -0.05) is 30.3 Å². The summed E-state index contributed by atoms with van der Waals surface area (Å²) in [7, 11) is 1.38. The van der Waals surface area contributed by atoms with Crippen molar-refractivity contribution in [2.24, 2.45) is 0 Å². The number of rotatable bonds is 6. The molecule has 19 heavy (non-hydrogen) atoms. The lowest BCUT2D eigenvalue weighted by Crippen LogP contribution is -2.53. The molecular formula is C15H19NO3. The molecule has 1 aromatic rings. The number of methoxy groups -OCH3 is 1. The number of carbonyl (C=O) groups is 2. The quantitative estimate of drug-likeness (QED) is 0.628. The standard InChI is InChI=1S/C15H19NO3/c1-19-14(18)10-13(12-6-3-2-4-7-12)16-15(11-17)8-5-9-15/h2-4,6-7,11,13,16H,5,8-10H2,1H3. The minimum Gasteiger partial charge on any atom is -0.469 e. The van der Waals surface area contributed by atoms with Crippen molar-refractivity contribution < 1.29 is 14.3 Å². The van der Waals surface area contributed by atoms with Gasteiger partial charge in [-0.05, 0) is 24.8 Å². The minimum atomic E-state index is -0.464. The maximum atomic E-state index is 11.5. The molecule has 4 nitrogen and oxygen atoms in total. The second kappa shape index (κ2) is 5.97. The van der Waals surface area contributed by atoms with Gasteiger partial charge in [0, 0.05) is 6.04 Å². The Morgan fingerprint density at radius 1 is 1.42 bits per heavy atom. The summed E-state index contributed by atoms with van der Waals surface area (Å²) >= 11 is 0. The minimum absolute atomic E-state index is 0.181. The maximum absolute atomic E-state index is 11.5. The van der Waals surface area contributed by atoms with Crippen LogP contribution in [0.4, 0.5) is 0 Å². The number of benzene rings is 1. The number of nitrogens with one attached hydrogen (secondary N) is 1. The Balaban J connectivity index is 2.14. The topological polar surface area (TPSA) is 55.4 Å². The normalized spacial score (nSPS) is 18.2.